The van der Waals surface area contributed by atoms with E-state index in [1.807, 2.05) is 31.2 Å². The maximum Gasteiger partial charge on any atom is 0.120 e. The average Bonchev–Trinajstić information content (AvgIpc) is 3.26. The van der Waals surface area contributed by atoms with Gasteiger partial charge in [0.2, 0.25) is 0 Å². The third-order valence-corrected chi connectivity index (χ3v) is 4.14. The molecule has 1 N–H and O–H groups in total. The summed E-state index contributed by atoms with van der Waals surface area (Å²) in [6, 6.07) is 7.85. The Morgan fingerprint density at radius 1 is 1.33 bits per heavy atom. The summed E-state index contributed by atoms with van der Waals surface area (Å²) < 4.78 is 16.8. The van der Waals surface area contributed by atoms with Crippen molar-refractivity contribution < 1.29 is 19.3 Å². The Morgan fingerprint density at radius 2 is 2.05 bits per heavy atom. The van der Waals surface area contributed by atoms with Gasteiger partial charge < -0.3 is 19.3 Å². The van der Waals surface area contributed by atoms with Gasteiger partial charge >= 0.3 is 0 Å². The van der Waals surface area contributed by atoms with E-state index in [1.54, 1.807) is 7.11 Å². The van der Waals surface area contributed by atoms with E-state index in [9.17, 15) is 5.11 Å². The number of hydrogen-bond donors (Lipinski definition) is 1. The number of methoxy groups -OCH3 is 1. The Kier molecular flexibility index (Phi) is 5.62. The van der Waals surface area contributed by atoms with Gasteiger partial charge in [-0.3, -0.25) is 0 Å². The molecule has 4 nitrogen and oxygen atoms in total. The highest BCUT2D eigenvalue weighted by atomic mass is 16.6. The third kappa shape index (κ3) is 3.96. The summed E-state index contributed by atoms with van der Waals surface area (Å²) in [7, 11) is 1.66. The molecule has 21 heavy (non-hydrogen) atoms. The van der Waals surface area contributed by atoms with Crippen LogP contribution < -0.4 is 4.74 Å². The molecule has 1 aromatic carbocycles. The van der Waals surface area contributed by atoms with E-state index in [1.165, 1.54) is 0 Å². The minimum atomic E-state index is -0.366. The smallest absolute Gasteiger partial charge is 0.120 e. The molecule has 4 heteroatoms. The van der Waals surface area contributed by atoms with Crippen molar-refractivity contribution in [1.29, 1.82) is 0 Å². The van der Waals surface area contributed by atoms with E-state index >= 15 is 0 Å². The van der Waals surface area contributed by atoms with Crippen LogP contribution in [0.5, 0.6) is 5.75 Å². The Bertz CT molecular complexity index is 431. The Labute approximate surface area is 127 Å². The van der Waals surface area contributed by atoms with Gasteiger partial charge in [0, 0.05) is 0 Å². The van der Waals surface area contributed by atoms with Crippen LogP contribution >= 0.6 is 0 Å². The van der Waals surface area contributed by atoms with Gasteiger partial charge in [-0.25, -0.2) is 0 Å². The van der Waals surface area contributed by atoms with Crippen molar-refractivity contribution in [3.8, 4) is 5.75 Å². The number of rotatable bonds is 9. The zero-order valence-electron chi connectivity index (χ0n) is 13.2. The summed E-state index contributed by atoms with van der Waals surface area (Å²) >= 11 is 0. The summed E-state index contributed by atoms with van der Waals surface area (Å²) in [5, 5.41) is 9.55. The highest BCUT2D eigenvalue weighted by molar-refractivity contribution is 5.26. The highest BCUT2D eigenvalue weighted by Gasteiger charge is 2.58. The predicted molar refractivity (Wildman–Crippen MR) is 81.5 cm³/mol. The molecule has 1 saturated heterocycles. The maximum atomic E-state index is 9.55. The van der Waals surface area contributed by atoms with Gasteiger partial charge in [-0.2, -0.15) is 0 Å². The van der Waals surface area contributed by atoms with Crippen LogP contribution in [0.15, 0.2) is 24.3 Å². The normalized spacial score (nSPS) is 25.6. The molecule has 0 bridgehead atoms. The maximum absolute atomic E-state index is 9.55. The molecule has 0 spiro atoms. The van der Waals surface area contributed by atoms with Crippen LogP contribution in [0.4, 0.5) is 0 Å². The molecule has 118 valence electrons. The van der Waals surface area contributed by atoms with Crippen molar-refractivity contribution in [3.63, 3.8) is 0 Å². The van der Waals surface area contributed by atoms with Crippen LogP contribution in [0, 0.1) is 0 Å². The Hall–Kier alpha value is -1.10. The van der Waals surface area contributed by atoms with Crippen molar-refractivity contribution in [2.75, 3.05) is 13.7 Å². The highest BCUT2D eigenvalue weighted by Crippen LogP contribution is 2.43. The lowest BCUT2D eigenvalue weighted by Crippen LogP contribution is -2.28. The van der Waals surface area contributed by atoms with E-state index in [4.69, 9.17) is 14.2 Å². The topological polar surface area (TPSA) is 51.2 Å². The second-order valence-corrected chi connectivity index (χ2v) is 5.73. The summed E-state index contributed by atoms with van der Waals surface area (Å²) in [5.74, 6) is 0.844. The minimum Gasteiger partial charge on any atom is -0.497 e. The first-order chi connectivity index (χ1) is 10.1. The first kappa shape index (κ1) is 16.3. The molecule has 0 aliphatic carbocycles. The summed E-state index contributed by atoms with van der Waals surface area (Å²) in [6.45, 7) is 4.78. The van der Waals surface area contributed by atoms with E-state index in [0.717, 1.165) is 30.6 Å². The van der Waals surface area contributed by atoms with Crippen LogP contribution in [-0.4, -0.2) is 36.6 Å². The van der Waals surface area contributed by atoms with Crippen LogP contribution in [0.3, 0.4) is 0 Å². The van der Waals surface area contributed by atoms with E-state index in [0.29, 0.717) is 6.61 Å². The van der Waals surface area contributed by atoms with Gasteiger partial charge in [0.1, 0.15) is 17.5 Å². The molecule has 1 aliphatic heterocycles. The predicted octanol–water partition coefficient (Wildman–Crippen LogP) is 2.92. The molecule has 0 amide bonds. The third-order valence-electron chi connectivity index (χ3n) is 4.14. The summed E-state index contributed by atoms with van der Waals surface area (Å²) in [6.07, 6.45) is 3.07. The number of ether oxygens (including phenoxy) is 3. The van der Waals surface area contributed by atoms with Crippen LogP contribution in [0.1, 0.15) is 38.7 Å². The van der Waals surface area contributed by atoms with Gasteiger partial charge in [-0.1, -0.05) is 31.9 Å². The zero-order valence-corrected chi connectivity index (χ0v) is 13.2. The van der Waals surface area contributed by atoms with Crippen molar-refractivity contribution in [3.05, 3.63) is 29.8 Å². The number of aliphatic hydroxyl groups is 1. The SMILES string of the molecule is CCCC[C@@]1(CO)O[C@H]1[C@H](C)OCc1ccc(OC)cc1. The molecule has 2 rings (SSSR count). The number of hydrogen-bond acceptors (Lipinski definition) is 4. The molecule has 0 unspecified atom stereocenters. The van der Waals surface area contributed by atoms with Gasteiger partial charge in [0.05, 0.1) is 26.4 Å². The first-order valence-electron chi connectivity index (χ1n) is 7.68. The van der Waals surface area contributed by atoms with Gasteiger partial charge in [-0.05, 0) is 31.0 Å². The van der Waals surface area contributed by atoms with Crippen LogP contribution in [0.2, 0.25) is 0 Å². The fourth-order valence-corrected chi connectivity index (χ4v) is 2.66. The fraction of sp³-hybridized carbons (Fsp3) is 0.647. The molecule has 0 aromatic heterocycles. The van der Waals surface area contributed by atoms with Crippen molar-refractivity contribution in [2.24, 2.45) is 0 Å². The average molecular weight is 294 g/mol. The lowest BCUT2D eigenvalue weighted by Gasteiger charge is -2.14. The molecular formula is C17H26O4. The summed E-state index contributed by atoms with van der Waals surface area (Å²) in [4.78, 5) is 0. The van der Waals surface area contributed by atoms with E-state index < -0.39 is 0 Å². The molecule has 0 saturated carbocycles. The van der Waals surface area contributed by atoms with Crippen molar-refractivity contribution in [1.82, 2.24) is 0 Å². The number of epoxide rings is 1. The molecule has 1 heterocycles. The minimum absolute atomic E-state index is 0.00676. The summed E-state index contributed by atoms with van der Waals surface area (Å²) in [5.41, 5.74) is 0.737. The lowest BCUT2D eigenvalue weighted by molar-refractivity contribution is 0.0338. The fourth-order valence-electron chi connectivity index (χ4n) is 2.66. The first-order valence-corrected chi connectivity index (χ1v) is 7.68. The molecule has 1 aromatic rings. The number of unbranched alkanes of at least 4 members (excludes halogenated alkanes) is 1. The standard InChI is InChI=1S/C17H26O4/c1-4-5-10-17(12-18)16(21-17)13(2)20-11-14-6-8-15(19-3)9-7-14/h6-9,13,16,18H,4-5,10-12H2,1-3H3/t13-,16-,17-/m0/s1. The second kappa shape index (κ2) is 7.25. The molecule has 0 radical (unpaired) electrons. The second-order valence-electron chi connectivity index (χ2n) is 5.73. The van der Waals surface area contributed by atoms with E-state index in [2.05, 4.69) is 6.92 Å². The number of benzene rings is 1. The number of aliphatic hydroxyl groups excluding tert-OH is 1. The van der Waals surface area contributed by atoms with Crippen molar-refractivity contribution in [2.45, 2.75) is 57.5 Å². The Morgan fingerprint density at radius 3 is 2.62 bits per heavy atom. The quantitative estimate of drug-likeness (QED) is 0.712. The van der Waals surface area contributed by atoms with Gasteiger partial charge in [0.25, 0.3) is 0 Å². The van der Waals surface area contributed by atoms with Gasteiger partial charge in [-0.15, -0.1) is 0 Å². The molecule has 1 fully saturated rings. The van der Waals surface area contributed by atoms with Crippen LogP contribution in [-0.2, 0) is 16.1 Å². The van der Waals surface area contributed by atoms with Gasteiger partial charge in [0.15, 0.2) is 0 Å². The van der Waals surface area contributed by atoms with E-state index in [-0.39, 0.29) is 24.4 Å². The largest absolute Gasteiger partial charge is 0.497 e. The monoisotopic (exact) mass is 294 g/mol. The lowest BCUT2D eigenvalue weighted by atomic mass is 9.96. The Balaban J connectivity index is 1.80. The zero-order chi connectivity index (χ0) is 15.3. The molecular weight excluding hydrogens is 268 g/mol. The van der Waals surface area contributed by atoms with Crippen molar-refractivity contribution >= 4 is 0 Å². The molecule has 1 aliphatic rings. The molecule has 3 atom stereocenters. The van der Waals surface area contributed by atoms with Crippen LogP contribution in [0.25, 0.3) is 0 Å².